The molecule has 0 bridgehead atoms. The van der Waals surface area contributed by atoms with Crippen LogP contribution in [0.2, 0.25) is 0 Å². The minimum atomic E-state index is -0.958. The molecule has 0 radical (unpaired) electrons. The molecule has 0 unspecified atom stereocenters. The molecule has 7 heteroatoms. The smallest absolute Gasteiger partial charge is 0.260 e. The first-order valence-electron chi connectivity index (χ1n) is 7.06. The van der Waals surface area contributed by atoms with Crippen molar-refractivity contribution in [3.8, 4) is 0 Å². The summed E-state index contributed by atoms with van der Waals surface area (Å²) >= 11 is 1.47. The lowest BCUT2D eigenvalue weighted by Gasteiger charge is -2.18. The molecule has 0 saturated carbocycles. The normalized spacial score (nSPS) is 10.3. The van der Waals surface area contributed by atoms with E-state index in [1.54, 1.807) is 12.1 Å². The number of amides is 2. The van der Waals surface area contributed by atoms with Gasteiger partial charge in [-0.2, -0.15) is 0 Å². The fourth-order valence-corrected chi connectivity index (χ4v) is 2.67. The third kappa shape index (κ3) is 4.11. The van der Waals surface area contributed by atoms with E-state index >= 15 is 0 Å². The Balaban J connectivity index is 2.07. The Bertz CT molecular complexity index is 748. The van der Waals surface area contributed by atoms with E-state index < -0.39 is 29.0 Å². The molecule has 0 aromatic heterocycles. The van der Waals surface area contributed by atoms with Crippen molar-refractivity contribution < 1.29 is 18.4 Å². The van der Waals surface area contributed by atoms with E-state index in [2.05, 4.69) is 5.32 Å². The lowest BCUT2D eigenvalue weighted by atomic mass is 10.1. The van der Waals surface area contributed by atoms with Gasteiger partial charge in [0.25, 0.3) is 5.91 Å². The van der Waals surface area contributed by atoms with Crippen molar-refractivity contribution in [3.63, 3.8) is 0 Å². The summed E-state index contributed by atoms with van der Waals surface area (Å²) < 4.78 is 27.3. The van der Waals surface area contributed by atoms with Gasteiger partial charge in [-0.1, -0.05) is 18.2 Å². The predicted octanol–water partition coefficient (Wildman–Crippen LogP) is 3.40. The first-order valence-corrected chi connectivity index (χ1v) is 8.29. The van der Waals surface area contributed by atoms with Gasteiger partial charge < -0.3 is 10.2 Å². The number of rotatable bonds is 5. The highest BCUT2D eigenvalue weighted by molar-refractivity contribution is 7.98. The predicted molar refractivity (Wildman–Crippen MR) is 90.2 cm³/mol. The largest absolute Gasteiger partial charge is 0.332 e. The minimum absolute atomic E-state index is 0.324. The lowest BCUT2D eigenvalue weighted by Crippen LogP contribution is -2.35. The summed E-state index contributed by atoms with van der Waals surface area (Å²) in [4.78, 5) is 26.1. The van der Waals surface area contributed by atoms with Gasteiger partial charge in [0.15, 0.2) is 0 Å². The van der Waals surface area contributed by atoms with Gasteiger partial charge in [-0.25, -0.2) is 8.78 Å². The van der Waals surface area contributed by atoms with Gasteiger partial charge in [0.1, 0.15) is 17.2 Å². The highest BCUT2D eigenvalue weighted by atomic mass is 32.2. The number of halogens is 2. The second-order valence-electron chi connectivity index (χ2n) is 5.01. The molecule has 126 valence electrons. The van der Waals surface area contributed by atoms with Crippen LogP contribution in [0.5, 0.6) is 0 Å². The zero-order valence-corrected chi connectivity index (χ0v) is 14.0. The molecule has 0 saturated heterocycles. The van der Waals surface area contributed by atoms with E-state index in [-0.39, 0.29) is 6.54 Å². The molecule has 0 atom stereocenters. The zero-order chi connectivity index (χ0) is 17.7. The maximum absolute atomic E-state index is 13.7. The average Bonchev–Trinajstić information content (AvgIpc) is 2.54. The minimum Gasteiger partial charge on any atom is -0.332 e. The number of likely N-dealkylation sites (N-methyl/N-ethyl adjacent to an activating group) is 1. The van der Waals surface area contributed by atoms with Gasteiger partial charge in [0, 0.05) is 11.9 Å². The van der Waals surface area contributed by atoms with Crippen LogP contribution in [0.4, 0.5) is 14.5 Å². The van der Waals surface area contributed by atoms with Crippen LogP contribution in [0.25, 0.3) is 0 Å². The number of carbonyl (C=O) groups excluding carboxylic acids is 2. The van der Waals surface area contributed by atoms with Gasteiger partial charge in [-0.15, -0.1) is 11.8 Å². The Morgan fingerprint density at radius 1 is 1.08 bits per heavy atom. The quantitative estimate of drug-likeness (QED) is 0.841. The fourth-order valence-electron chi connectivity index (χ4n) is 2.12. The van der Waals surface area contributed by atoms with Crippen LogP contribution in [0.15, 0.2) is 47.4 Å². The van der Waals surface area contributed by atoms with Crippen molar-refractivity contribution >= 4 is 29.3 Å². The summed E-state index contributed by atoms with van der Waals surface area (Å²) in [6, 6.07) is 10.4. The molecule has 2 rings (SSSR count). The van der Waals surface area contributed by atoms with Crippen molar-refractivity contribution in [1.82, 2.24) is 4.90 Å². The van der Waals surface area contributed by atoms with Crippen LogP contribution >= 0.6 is 11.8 Å². The molecule has 0 spiro atoms. The summed E-state index contributed by atoms with van der Waals surface area (Å²) in [5.41, 5.74) is -0.0507. The fraction of sp³-hybridized carbons (Fsp3) is 0.176. The van der Waals surface area contributed by atoms with Gasteiger partial charge in [0.2, 0.25) is 5.91 Å². The van der Waals surface area contributed by atoms with E-state index in [1.165, 1.54) is 24.9 Å². The van der Waals surface area contributed by atoms with Crippen LogP contribution in [0, 0.1) is 11.6 Å². The molecule has 0 aliphatic carbocycles. The van der Waals surface area contributed by atoms with Crippen molar-refractivity contribution in [2.24, 2.45) is 0 Å². The van der Waals surface area contributed by atoms with Crippen molar-refractivity contribution in [2.75, 3.05) is 25.2 Å². The van der Waals surface area contributed by atoms with Gasteiger partial charge in [-0.05, 0) is 30.5 Å². The Kier molecular flexibility index (Phi) is 5.92. The van der Waals surface area contributed by atoms with Crippen LogP contribution < -0.4 is 5.32 Å². The molecule has 2 aromatic rings. The molecular formula is C17H16F2N2O2S. The number of hydrogen-bond acceptors (Lipinski definition) is 3. The number of hydrogen-bond donors (Lipinski definition) is 1. The van der Waals surface area contributed by atoms with Crippen LogP contribution in [0.1, 0.15) is 10.4 Å². The molecule has 1 N–H and O–H groups in total. The SMILES string of the molecule is CSc1ccccc1NC(=O)CN(C)C(=O)c1c(F)cccc1F. The molecule has 0 aliphatic heterocycles. The summed E-state index contributed by atoms with van der Waals surface area (Å²) in [5, 5.41) is 2.69. The molecule has 2 aromatic carbocycles. The van der Waals surface area contributed by atoms with Gasteiger partial charge in [0.05, 0.1) is 12.2 Å². The Labute approximate surface area is 142 Å². The zero-order valence-electron chi connectivity index (χ0n) is 13.2. The first kappa shape index (κ1) is 17.9. The number of carbonyl (C=O) groups is 2. The summed E-state index contributed by atoms with van der Waals surface area (Å²) in [5.74, 6) is -3.26. The average molecular weight is 350 g/mol. The van der Waals surface area contributed by atoms with E-state index in [0.717, 1.165) is 21.9 Å². The second kappa shape index (κ2) is 7.92. The number of anilines is 1. The van der Waals surface area contributed by atoms with Crippen LogP contribution in [-0.4, -0.2) is 36.6 Å². The molecular weight excluding hydrogens is 334 g/mol. The summed E-state index contributed by atoms with van der Waals surface area (Å²) in [7, 11) is 1.31. The lowest BCUT2D eigenvalue weighted by molar-refractivity contribution is -0.116. The highest BCUT2D eigenvalue weighted by Crippen LogP contribution is 2.24. The highest BCUT2D eigenvalue weighted by Gasteiger charge is 2.22. The van der Waals surface area contributed by atoms with Gasteiger partial charge >= 0.3 is 0 Å². The van der Waals surface area contributed by atoms with E-state index in [4.69, 9.17) is 0 Å². The van der Waals surface area contributed by atoms with Crippen LogP contribution in [0.3, 0.4) is 0 Å². The van der Waals surface area contributed by atoms with E-state index in [9.17, 15) is 18.4 Å². The maximum Gasteiger partial charge on any atom is 0.260 e. The summed E-state index contributed by atoms with van der Waals surface area (Å²) in [6.07, 6.45) is 1.88. The molecule has 0 heterocycles. The van der Waals surface area contributed by atoms with E-state index in [0.29, 0.717) is 5.69 Å². The molecule has 24 heavy (non-hydrogen) atoms. The number of nitrogens with zero attached hydrogens (tertiary/aromatic N) is 1. The first-order chi connectivity index (χ1) is 11.4. The molecule has 2 amide bonds. The number of thioether (sulfide) groups is 1. The molecule has 4 nitrogen and oxygen atoms in total. The third-order valence-corrected chi connectivity index (χ3v) is 4.08. The van der Waals surface area contributed by atoms with Crippen molar-refractivity contribution in [1.29, 1.82) is 0 Å². The molecule has 0 aliphatic rings. The standard InChI is InChI=1S/C17H16F2N2O2S/c1-21(17(23)16-11(18)6-5-7-12(16)19)10-15(22)20-13-8-3-4-9-14(13)24-2/h3-9H,10H2,1-2H3,(H,20,22). The summed E-state index contributed by atoms with van der Waals surface area (Å²) in [6.45, 7) is -0.324. The van der Waals surface area contributed by atoms with Crippen LogP contribution in [-0.2, 0) is 4.79 Å². The second-order valence-corrected chi connectivity index (χ2v) is 5.85. The van der Waals surface area contributed by atoms with Crippen molar-refractivity contribution in [2.45, 2.75) is 4.90 Å². The van der Waals surface area contributed by atoms with E-state index in [1.807, 2.05) is 18.4 Å². The Morgan fingerprint density at radius 2 is 1.71 bits per heavy atom. The number of para-hydroxylation sites is 1. The topological polar surface area (TPSA) is 49.4 Å². The number of nitrogens with one attached hydrogen (secondary N) is 1. The molecule has 0 fully saturated rings. The van der Waals surface area contributed by atoms with Gasteiger partial charge in [-0.3, -0.25) is 9.59 Å². The monoisotopic (exact) mass is 350 g/mol. The maximum atomic E-state index is 13.7. The number of benzene rings is 2. The van der Waals surface area contributed by atoms with Crippen molar-refractivity contribution in [3.05, 3.63) is 59.7 Å². The third-order valence-electron chi connectivity index (χ3n) is 3.29. The Morgan fingerprint density at radius 3 is 2.33 bits per heavy atom. The Hall–Kier alpha value is -2.41.